The Balaban J connectivity index is 1.69. The summed E-state index contributed by atoms with van der Waals surface area (Å²) in [5, 5.41) is 2.78. The molecule has 0 aliphatic heterocycles. The number of ether oxygens (including phenoxy) is 1. The smallest absolute Gasteiger partial charge is 0.251 e. The van der Waals surface area contributed by atoms with Crippen LogP contribution in [0.1, 0.15) is 28.6 Å². The molecule has 30 heavy (non-hydrogen) atoms. The van der Waals surface area contributed by atoms with Gasteiger partial charge in [-0.2, -0.15) is 0 Å². The molecule has 0 saturated heterocycles. The minimum atomic E-state index is -3.50. The lowest BCUT2D eigenvalue weighted by Gasteiger charge is -2.23. The lowest BCUT2D eigenvalue weighted by Crippen LogP contribution is -2.29. The molecule has 0 aliphatic rings. The standard InChI is InChI=1S/C22H24N2O5S/c1-3-28-20-12-10-19(11-13-20)24(30(2,26)27)16-17-6-8-18(9-7-17)22(25)23-15-21-5-4-14-29-21/h4-14H,3,15-16H2,1-2H3,(H,23,25). The predicted molar refractivity (Wildman–Crippen MR) is 115 cm³/mol. The number of sulfonamides is 1. The number of furan rings is 1. The third kappa shape index (κ3) is 5.64. The minimum Gasteiger partial charge on any atom is -0.494 e. The molecule has 1 N–H and O–H groups in total. The maximum absolute atomic E-state index is 12.3. The summed E-state index contributed by atoms with van der Waals surface area (Å²) in [7, 11) is -3.50. The second kappa shape index (κ2) is 9.49. The average molecular weight is 429 g/mol. The fourth-order valence-electron chi connectivity index (χ4n) is 2.89. The van der Waals surface area contributed by atoms with Crippen LogP contribution in [0.3, 0.4) is 0 Å². The van der Waals surface area contributed by atoms with Crippen LogP contribution < -0.4 is 14.4 Å². The van der Waals surface area contributed by atoms with Crippen LogP contribution in [0.15, 0.2) is 71.3 Å². The normalized spacial score (nSPS) is 11.1. The molecule has 3 rings (SSSR count). The average Bonchev–Trinajstić information content (AvgIpc) is 3.24. The zero-order chi connectivity index (χ0) is 21.6. The number of hydrogen-bond acceptors (Lipinski definition) is 5. The van der Waals surface area contributed by atoms with E-state index in [0.717, 1.165) is 5.56 Å². The zero-order valence-corrected chi connectivity index (χ0v) is 17.7. The minimum absolute atomic E-state index is 0.154. The summed E-state index contributed by atoms with van der Waals surface area (Å²) in [6.07, 6.45) is 2.72. The molecule has 1 amide bonds. The molecule has 0 spiro atoms. The van der Waals surface area contributed by atoms with Crippen molar-refractivity contribution in [1.29, 1.82) is 0 Å². The van der Waals surface area contributed by atoms with Gasteiger partial charge in [0.1, 0.15) is 11.5 Å². The number of hydrogen-bond donors (Lipinski definition) is 1. The summed E-state index contributed by atoms with van der Waals surface area (Å²) in [6.45, 7) is 2.88. The molecule has 0 bridgehead atoms. The topological polar surface area (TPSA) is 88.8 Å². The van der Waals surface area contributed by atoms with Gasteiger partial charge in [0.2, 0.25) is 10.0 Å². The Hall–Kier alpha value is -3.26. The van der Waals surface area contributed by atoms with Crippen molar-refractivity contribution in [2.24, 2.45) is 0 Å². The second-order valence-electron chi connectivity index (χ2n) is 6.66. The molecule has 0 aliphatic carbocycles. The van der Waals surface area contributed by atoms with Gasteiger partial charge in [-0.25, -0.2) is 8.42 Å². The molecule has 0 radical (unpaired) electrons. The second-order valence-corrected chi connectivity index (χ2v) is 8.56. The number of carbonyl (C=O) groups is 1. The van der Waals surface area contributed by atoms with Crippen LogP contribution >= 0.6 is 0 Å². The molecule has 1 heterocycles. The third-order valence-electron chi connectivity index (χ3n) is 4.38. The predicted octanol–water partition coefficient (Wildman–Crippen LogP) is 3.57. The van der Waals surface area contributed by atoms with E-state index in [4.69, 9.17) is 9.15 Å². The number of amides is 1. The van der Waals surface area contributed by atoms with Crippen molar-refractivity contribution in [1.82, 2.24) is 5.32 Å². The molecule has 7 nitrogen and oxygen atoms in total. The lowest BCUT2D eigenvalue weighted by molar-refractivity contribution is 0.0948. The molecule has 0 unspecified atom stereocenters. The molecule has 158 valence electrons. The molecule has 2 aromatic carbocycles. The number of benzene rings is 2. The highest BCUT2D eigenvalue weighted by atomic mass is 32.2. The van der Waals surface area contributed by atoms with Gasteiger partial charge < -0.3 is 14.5 Å². The van der Waals surface area contributed by atoms with Gasteiger partial charge in [0.25, 0.3) is 5.91 Å². The molecule has 0 atom stereocenters. The van der Waals surface area contributed by atoms with Crippen LogP contribution in [0.2, 0.25) is 0 Å². The first-order chi connectivity index (χ1) is 14.4. The summed E-state index contributed by atoms with van der Waals surface area (Å²) >= 11 is 0. The first kappa shape index (κ1) is 21.4. The van der Waals surface area contributed by atoms with E-state index in [2.05, 4.69) is 5.32 Å². The number of carbonyl (C=O) groups excluding carboxylic acids is 1. The summed E-state index contributed by atoms with van der Waals surface area (Å²) in [4.78, 5) is 12.3. The number of anilines is 1. The van der Waals surface area contributed by atoms with Gasteiger partial charge in [-0.05, 0) is 61.0 Å². The quantitative estimate of drug-likeness (QED) is 0.563. The van der Waals surface area contributed by atoms with Gasteiger partial charge in [0.15, 0.2) is 0 Å². The number of rotatable bonds is 9. The first-order valence-corrected chi connectivity index (χ1v) is 11.3. The fourth-order valence-corrected chi connectivity index (χ4v) is 3.77. The van der Waals surface area contributed by atoms with E-state index in [-0.39, 0.29) is 12.5 Å². The zero-order valence-electron chi connectivity index (χ0n) is 16.9. The Kier molecular flexibility index (Phi) is 6.79. The van der Waals surface area contributed by atoms with Crippen molar-refractivity contribution >= 4 is 21.6 Å². The highest BCUT2D eigenvalue weighted by Crippen LogP contribution is 2.24. The largest absolute Gasteiger partial charge is 0.494 e. The summed E-state index contributed by atoms with van der Waals surface area (Å²) in [5.41, 5.74) is 1.79. The van der Waals surface area contributed by atoms with Crippen LogP contribution in [0.4, 0.5) is 5.69 Å². The highest BCUT2D eigenvalue weighted by Gasteiger charge is 2.18. The van der Waals surface area contributed by atoms with E-state index < -0.39 is 10.0 Å². The molecule has 0 fully saturated rings. The van der Waals surface area contributed by atoms with Crippen molar-refractivity contribution in [3.8, 4) is 5.75 Å². The summed E-state index contributed by atoms with van der Waals surface area (Å²) in [6, 6.07) is 17.3. The van der Waals surface area contributed by atoms with Gasteiger partial charge in [0, 0.05) is 5.56 Å². The Bertz CT molecular complexity index is 1060. The lowest BCUT2D eigenvalue weighted by atomic mass is 10.1. The number of nitrogens with zero attached hydrogens (tertiary/aromatic N) is 1. The third-order valence-corrected chi connectivity index (χ3v) is 5.52. The monoisotopic (exact) mass is 428 g/mol. The van der Waals surface area contributed by atoms with Crippen molar-refractivity contribution < 1.29 is 22.4 Å². The van der Waals surface area contributed by atoms with E-state index >= 15 is 0 Å². The van der Waals surface area contributed by atoms with E-state index in [0.29, 0.717) is 35.9 Å². The maximum Gasteiger partial charge on any atom is 0.251 e. The van der Waals surface area contributed by atoms with E-state index in [9.17, 15) is 13.2 Å². The Morgan fingerprint density at radius 1 is 1.07 bits per heavy atom. The van der Waals surface area contributed by atoms with Crippen molar-refractivity contribution in [2.45, 2.75) is 20.0 Å². The van der Waals surface area contributed by atoms with E-state index in [1.54, 1.807) is 66.9 Å². The van der Waals surface area contributed by atoms with Crippen LogP contribution in [-0.4, -0.2) is 27.2 Å². The highest BCUT2D eigenvalue weighted by molar-refractivity contribution is 7.92. The van der Waals surface area contributed by atoms with Gasteiger partial charge in [-0.1, -0.05) is 12.1 Å². The van der Waals surface area contributed by atoms with Gasteiger partial charge in [-0.3, -0.25) is 9.10 Å². The van der Waals surface area contributed by atoms with Crippen LogP contribution in [-0.2, 0) is 23.1 Å². The van der Waals surface area contributed by atoms with Crippen LogP contribution in [0, 0.1) is 0 Å². The Morgan fingerprint density at radius 2 is 1.77 bits per heavy atom. The fraction of sp³-hybridized carbons (Fsp3) is 0.227. The van der Waals surface area contributed by atoms with Gasteiger partial charge in [0.05, 0.1) is 37.9 Å². The molecular formula is C22H24N2O5S. The molecular weight excluding hydrogens is 404 g/mol. The number of nitrogens with one attached hydrogen (secondary N) is 1. The summed E-state index contributed by atoms with van der Waals surface area (Å²) in [5.74, 6) is 1.11. The Morgan fingerprint density at radius 3 is 2.33 bits per heavy atom. The first-order valence-electron chi connectivity index (χ1n) is 9.47. The van der Waals surface area contributed by atoms with E-state index in [1.165, 1.54) is 10.6 Å². The van der Waals surface area contributed by atoms with Gasteiger partial charge in [-0.15, -0.1) is 0 Å². The molecule has 3 aromatic rings. The Labute approximate surface area is 176 Å². The van der Waals surface area contributed by atoms with Crippen molar-refractivity contribution in [3.05, 3.63) is 83.8 Å². The molecule has 0 saturated carbocycles. The van der Waals surface area contributed by atoms with Crippen molar-refractivity contribution in [2.75, 3.05) is 17.2 Å². The van der Waals surface area contributed by atoms with Crippen LogP contribution in [0.25, 0.3) is 0 Å². The summed E-state index contributed by atoms with van der Waals surface area (Å²) < 4.78 is 36.6. The molecule has 1 aromatic heterocycles. The SMILES string of the molecule is CCOc1ccc(N(Cc2ccc(C(=O)NCc3ccco3)cc2)S(C)(=O)=O)cc1. The van der Waals surface area contributed by atoms with Gasteiger partial charge >= 0.3 is 0 Å². The van der Waals surface area contributed by atoms with Crippen LogP contribution in [0.5, 0.6) is 5.75 Å². The molecule has 8 heteroatoms. The van der Waals surface area contributed by atoms with E-state index in [1.807, 2.05) is 6.92 Å². The maximum atomic E-state index is 12.3. The van der Waals surface area contributed by atoms with Crippen molar-refractivity contribution in [3.63, 3.8) is 0 Å².